The number of nitriles is 1. The van der Waals surface area contributed by atoms with Crippen molar-refractivity contribution in [2.24, 2.45) is 0 Å². The van der Waals surface area contributed by atoms with Gasteiger partial charge in [-0.25, -0.2) is 0 Å². The van der Waals surface area contributed by atoms with Crippen molar-refractivity contribution in [3.8, 4) is 11.8 Å². The molecule has 0 aliphatic heterocycles. The van der Waals surface area contributed by atoms with Crippen molar-refractivity contribution in [1.29, 1.82) is 5.26 Å². The van der Waals surface area contributed by atoms with E-state index in [1.54, 1.807) is 30.3 Å². The van der Waals surface area contributed by atoms with Crippen molar-refractivity contribution in [3.05, 3.63) is 64.2 Å². The van der Waals surface area contributed by atoms with Crippen LogP contribution >= 0.6 is 11.6 Å². The Morgan fingerprint density at radius 1 is 1.30 bits per heavy atom. The first-order chi connectivity index (χ1) is 9.60. The van der Waals surface area contributed by atoms with Gasteiger partial charge in [0.25, 0.3) is 0 Å². The van der Waals surface area contributed by atoms with Crippen molar-refractivity contribution in [3.63, 3.8) is 0 Å². The summed E-state index contributed by atoms with van der Waals surface area (Å²) in [6.45, 7) is 1.76. The molecule has 0 atom stereocenters. The van der Waals surface area contributed by atoms with Gasteiger partial charge in [0.05, 0.1) is 5.56 Å². The summed E-state index contributed by atoms with van der Waals surface area (Å²) in [5.74, 6) is 0.335. The van der Waals surface area contributed by atoms with Gasteiger partial charge in [0.1, 0.15) is 18.4 Å². The van der Waals surface area contributed by atoms with E-state index in [9.17, 15) is 4.79 Å². The molecule has 0 bridgehead atoms. The first-order valence-electron chi connectivity index (χ1n) is 6.02. The van der Waals surface area contributed by atoms with Crippen LogP contribution in [0.3, 0.4) is 0 Å². The third kappa shape index (κ3) is 3.37. The molecule has 3 nitrogen and oxygen atoms in total. The van der Waals surface area contributed by atoms with Crippen LogP contribution in [0, 0.1) is 11.3 Å². The third-order valence-electron chi connectivity index (χ3n) is 2.79. The fourth-order valence-electron chi connectivity index (χ4n) is 1.74. The molecule has 0 aromatic heterocycles. The highest BCUT2D eigenvalue weighted by Crippen LogP contribution is 2.22. The second-order valence-electron chi connectivity index (χ2n) is 4.30. The van der Waals surface area contributed by atoms with E-state index in [-0.39, 0.29) is 12.4 Å². The van der Waals surface area contributed by atoms with Crippen LogP contribution in [0.25, 0.3) is 0 Å². The maximum atomic E-state index is 11.4. The second-order valence-corrected chi connectivity index (χ2v) is 4.73. The van der Waals surface area contributed by atoms with E-state index in [0.717, 1.165) is 5.56 Å². The van der Waals surface area contributed by atoms with Gasteiger partial charge in [-0.1, -0.05) is 23.7 Å². The molecule has 0 saturated carbocycles. The summed E-state index contributed by atoms with van der Waals surface area (Å²) < 4.78 is 5.63. The lowest BCUT2D eigenvalue weighted by molar-refractivity contribution is 0.101. The fraction of sp³-hybridized carbons (Fsp3) is 0.125. The topological polar surface area (TPSA) is 50.1 Å². The Morgan fingerprint density at radius 3 is 2.75 bits per heavy atom. The molecule has 4 heteroatoms. The molecule has 0 unspecified atom stereocenters. The third-order valence-corrected chi connectivity index (χ3v) is 3.03. The van der Waals surface area contributed by atoms with Gasteiger partial charge in [0.2, 0.25) is 0 Å². The zero-order valence-corrected chi connectivity index (χ0v) is 11.6. The van der Waals surface area contributed by atoms with E-state index >= 15 is 0 Å². The first kappa shape index (κ1) is 14.1. The monoisotopic (exact) mass is 285 g/mol. The van der Waals surface area contributed by atoms with Crippen LogP contribution in [-0.2, 0) is 6.61 Å². The number of Topliss-reactive ketones (excluding diaryl/α,β-unsaturated/α-hetero) is 1. The summed E-state index contributed by atoms with van der Waals surface area (Å²) in [6, 6.07) is 14.1. The number of carbonyl (C=O) groups is 1. The van der Waals surface area contributed by atoms with Gasteiger partial charge in [-0.05, 0) is 42.8 Å². The molecule has 0 heterocycles. The van der Waals surface area contributed by atoms with Crippen LogP contribution in [0.5, 0.6) is 5.75 Å². The van der Waals surface area contributed by atoms with Crippen molar-refractivity contribution in [1.82, 2.24) is 0 Å². The highest BCUT2D eigenvalue weighted by molar-refractivity contribution is 6.30. The molecule has 2 rings (SSSR count). The molecule has 2 aromatic carbocycles. The Bertz CT molecular complexity index is 689. The van der Waals surface area contributed by atoms with Crippen molar-refractivity contribution < 1.29 is 9.53 Å². The van der Waals surface area contributed by atoms with E-state index in [1.165, 1.54) is 6.92 Å². The molecule has 0 fully saturated rings. The Kier molecular flexibility index (Phi) is 4.39. The predicted octanol–water partition coefficient (Wildman–Crippen LogP) is 3.99. The highest BCUT2D eigenvalue weighted by Gasteiger charge is 2.08. The largest absolute Gasteiger partial charge is 0.487 e. The number of nitrogens with zero attached hydrogens (tertiary/aromatic N) is 1. The highest BCUT2D eigenvalue weighted by atomic mass is 35.5. The zero-order chi connectivity index (χ0) is 14.5. The van der Waals surface area contributed by atoms with Crippen LogP contribution in [0.2, 0.25) is 5.02 Å². The molecule has 20 heavy (non-hydrogen) atoms. The Labute approximate surface area is 122 Å². The van der Waals surface area contributed by atoms with E-state index in [1.807, 2.05) is 18.2 Å². The van der Waals surface area contributed by atoms with Crippen LogP contribution in [0.15, 0.2) is 42.5 Å². The number of carbonyl (C=O) groups excluding carboxylic acids is 1. The smallest absolute Gasteiger partial charge is 0.159 e. The quantitative estimate of drug-likeness (QED) is 0.798. The summed E-state index contributed by atoms with van der Waals surface area (Å²) in [5, 5.41) is 9.68. The Balaban J connectivity index is 2.22. The number of benzene rings is 2. The van der Waals surface area contributed by atoms with E-state index in [4.69, 9.17) is 21.6 Å². The molecule has 100 valence electrons. The number of hydrogen-bond acceptors (Lipinski definition) is 3. The molecule has 0 aliphatic rings. The summed E-state index contributed by atoms with van der Waals surface area (Å²) >= 11 is 5.90. The standard InChI is InChI=1S/C16H12ClNO2/c1-11(19)13-5-6-14(9-18)16(8-13)20-10-12-3-2-4-15(17)7-12/h2-8H,10H2,1H3. The van der Waals surface area contributed by atoms with Gasteiger partial charge in [-0.15, -0.1) is 0 Å². The average Bonchev–Trinajstić information content (AvgIpc) is 2.44. The minimum atomic E-state index is -0.0675. The van der Waals surface area contributed by atoms with Crippen molar-refractivity contribution in [2.45, 2.75) is 13.5 Å². The molecule has 2 aromatic rings. The lowest BCUT2D eigenvalue weighted by Gasteiger charge is -2.09. The van der Waals surface area contributed by atoms with Gasteiger partial charge >= 0.3 is 0 Å². The molecule has 0 aliphatic carbocycles. The Morgan fingerprint density at radius 2 is 2.10 bits per heavy atom. The fourth-order valence-corrected chi connectivity index (χ4v) is 1.95. The van der Waals surface area contributed by atoms with Crippen molar-refractivity contribution >= 4 is 17.4 Å². The Hall–Kier alpha value is -2.31. The number of halogens is 1. The minimum Gasteiger partial charge on any atom is -0.487 e. The molecule has 0 saturated heterocycles. The normalized spacial score (nSPS) is 9.85. The van der Waals surface area contributed by atoms with Gasteiger partial charge in [-0.2, -0.15) is 5.26 Å². The first-order valence-corrected chi connectivity index (χ1v) is 6.40. The lowest BCUT2D eigenvalue weighted by atomic mass is 10.1. The summed E-state index contributed by atoms with van der Waals surface area (Å²) in [5.41, 5.74) is 1.82. The SMILES string of the molecule is CC(=O)c1ccc(C#N)c(OCc2cccc(Cl)c2)c1. The van der Waals surface area contributed by atoms with E-state index in [0.29, 0.717) is 21.9 Å². The molecule has 0 spiro atoms. The minimum absolute atomic E-state index is 0.0675. The van der Waals surface area contributed by atoms with E-state index in [2.05, 4.69) is 0 Å². The maximum Gasteiger partial charge on any atom is 0.159 e. The number of ketones is 1. The van der Waals surface area contributed by atoms with E-state index < -0.39 is 0 Å². The summed E-state index contributed by atoms with van der Waals surface area (Å²) in [6.07, 6.45) is 0. The van der Waals surface area contributed by atoms with Crippen LogP contribution in [0.4, 0.5) is 0 Å². The maximum absolute atomic E-state index is 11.4. The van der Waals surface area contributed by atoms with Gasteiger partial charge in [0.15, 0.2) is 5.78 Å². The van der Waals surface area contributed by atoms with Gasteiger partial charge in [0, 0.05) is 10.6 Å². The number of ether oxygens (including phenoxy) is 1. The second kappa shape index (κ2) is 6.23. The average molecular weight is 286 g/mol. The lowest BCUT2D eigenvalue weighted by Crippen LogP contribution is -2.00. The van der Waals surface area contributed by atoms with Gasteiger partial charge in [-0.3, -0.25) is 4.79 Å². The molecule has 0 N–H and O–H groups in total. The number of rotatable bonds is 4. The molecular weight excluding hydrogens is 274 g/mol. The predicted molar refractivity (Wildman–Crippen MR) is 76.9 cm³/mol. The van der Waals surface area contributed by atoms with Crippen LogP contribution in [0.1, 0.15) is 28.4 Å². The van der Waals surface area contributed by atoms with Gasteiger partial charge < -0.3 is 4.74 Å². The molecule has 0 amide bonds. The summed E-state index contributed by atoms with van der Waals surface area (Å²) in [4.78, 5) is 11.4. The zero-order valence-electron chi connectivity index (χ0n) is 10.9. The van der Waals surface area contributed by atoms with Crippen LogP contribution in [-0.4, -0.2) is 5.78 Å². The number of hydrogen-bond donors (Lipinski definition) is 0. The summed E-state index contributed by atoms with van der Waals surface area (Å²) in [7, 11) is 0. The van der Waals surface area contributed by atoms with Crippen LogP contribution < -0.4 is 4.74 Å². The van der Waals surface area contributed by atoms with Crippen molar-refractivity contribution in [2.75, 3.05) is 0 Å². The molecule has 0 radical (unpaired) electrons. The molecular formula is C16H12ClNO2.